The van der Waals surface area contributed by atoms with Crippen LogP contribution in [0.2, 0.25) is 0 Å². The topological polar surface area (TPSA) is 189 Å². The zero-order valence-electron chi connectivity index (χ0n) is 28.1. The summed E-state index contributed by atoms with van der Waals surface area (Å²) in [6.07, 6.45) is 10.6. The minimum absolute atomic E-state index is 0.113. The highest BCUT2D eigenvalue weighted by Gasteiger charge is 2.32. The molecule has 0 saturated heterocycles. The summed E-state index contributed by atoms with van der Waals surface area (Å²) in [5.41, 5.74) is 7.56. The van der Waals surface area contributed by atoms with Crippen LogP contribution >= 0.6 is 0 Å². The lowest BCUT2D eigenvalue weighted by atomic mass is 9.83. The number of nitrogens with two attached hydrogens (primary N) is 1. The van der Waals surface area contributed by atoms with E-state index >= 15 is 0 Å². The molecule has 2 heterocycles. The van der Waals surface area contributed by atoms with Crippen LogP contribution in [0, 0.1) is 5.92 Å². The summed E-state index contributed by atoms with van der Waals surface area (Å²) >= 11 is 0. The van der Waals surface area contributed by atoms with E-state index in [0.29, 0.717) is 29.5 Å². The van der Waals surface area contributed by atoms with Gasteiger partial charge in [0.15, 0.2) is 9.84 Å². The smallest absolute Gasteiger partial charge is 0.243 e. The van der Waals surface area contributed by atoms with Gasteiger partial charge in [-0.05, 0) is 63.3 Å². The number of hydrogen-bond donors (Lipinski definition) is 5. The molecule has 6 N–H and O–H groups in total. The normalized spacial score (nSPS) is 16.8. The van der Waals surface area contributed by atoms with E-state index in [1.165, 1.54) is 24.9 Å². The van der Waals surface area contributed by atoms with E-state index in [9.17, 15) is 23.1 Å². The predicted molar refractivity (Wildman–Crippen MR) is 183 cm³/mol. The number of benzene rings is 1. The zero-order chi connectivity index (χ0) is 34.7. The third kappa shape index (κ3) is 10.6. The Morgan fingerprint density at radius 2 is 1.75 bits per heavy atom. The zero-order valence-corrected chi connectivity index (χ0v) is 28.9. The molecule has 3 aromatic rings. The second-order valence-electron chi connectivity index (χ2n) is 13.6. The third-order valence-electron chi connectivity index (χ3n) is 8.84. The highest BCUT2D eigenvalue weighted by Crippen LogP contribution is 2.29. The first kappa shape index (κ1) is 37.0. The molecular formula is C35H50N6O6S. The van der Waals surface area contributed by atoms with Crippen molar-refractivity contribution in [2.75, 3.05) is 6.61 Å². The average molecular weight is 683 g/mol. The number of carbonyl (C=O) groups excluding carboxylic acids is 2. The molecule has 1 aliphatic rings. The van der Waals surface area contributed by atoms with Gasteiger partial charge < -0.3 is 31.2 Å². The Morgan fingerprint density at radius 1 is 1.02 bits per heavy atom. The first-order valence-electron chi connectivity index (χ1n) is 16.7. The van der Waals surface area contributed by atoms with Crippen molar-refractivity contribution >= 4 is 21.7 Å². The van der Waals surface area contributed by atoms with Crippen LogP contribution in [0.25, 0.3) is 0 Å². The second-order valence-corrected chi connectivity index (χ2v) is 16.3. The minimum Gasteiger partial charge on any atom is -0.478 e. The van der Waals surface area contributed by atoms with Crippen molar-refractivity contribution in [2.24, 2.45) is 11.7 Å². The SMILES string of the molecule is CC(C)(C)S(=O)(=O)c1ccc(CC(N)C(=O)NC(Cc2c[nH]cn2)C(=O)N[C@@H](CC2CCCCC2)[C@@H](O)CCOc2ccccn2)cc1. The van der Waals surface area contributed by atoms with Crippen molar-refractivity contribution in [1.82, 2.24) is 25.6 Å². The molecule has 12 nitrogen and oxygen atoms in total. The molecule has 0 bridgehead atoms. The monoisotopic (exact) mass is 682 g/mol. The second kappa shape index (κ2) is 17.0. The van der Waals surface area contributed by atoms with Gasteiger partial charge in [-0.2, -0.15) is 0 Å². The Labute approximate surface area is 283 Å². The number of hydrogen-bond acceptors (Lipinski definition) is 9. The molecule has 2 amide bonds. The van der Waals surface area contributed by atoms with E-state index in [1.54, 1.807) is 57.4 Å². The van der Waals surface area contributed by atoms with Crippen LogP contribution in [0.15, 0.2) is 66.1 Å². The summed E-state index contributed by atoms with van der Waals surface area (Å²) < 4.78 is 30.3. The first-order valence-corrected chi connectivity index (χ1v) is 18.2. The summed E-state index contributed by atoms with van der Waals surface area (Å²) in [5, 5.41) is 17.1. The third-order valence-corrected chi connectivity index (χ3v) is 11.3. The molecule has 0 spiro atoms. The first-order chi connectivity index (χ1) is 22.8. The maximum absolute atomic E-state index is 13.8. The number of aromatic nitrogens is 3. The van der Waals surface area contributed by atoms with Crippen LogP contribution in [0.1, 0.15) is 77.0 Å². The van der Waals surface area contributed by atoms with Gasteiger partial charge in [0.1, 0.15) is 6.04 Å². The lowest BCUT2D eigenvalue weighted by Gasteiger charge is -2.31. The number of carbonyl (C=O) groups is 2. The Kier molecular flexibility index (Phi) is 13.1. The Morgan fingerprint density at radius 3 is 2.38 bits per heavy atom. The Balaban J connectivity index is 1.43. The molecule has 1 aliphatic carbocycles. The van der Waals surface area contributed by atoms with E-state index < -0.39 is 50.6 Å². The summed E-state index contributed by atoms with van der Waals surface area (Å²) in [5.74, 6) is -0.152. The van der Waals surface area contributed by atoms with E-state index in [1.807, 2.05) is 6.07 Å². The predicted octanol–water partition coefficient (Wildman–Crippen LogP) is 3.26. The molecule has 1 saturated carbocycles. The molecule has 0 radical (unpaired) electrons. The Hall–Kier alpha value is -3.81. The van der Waals surface area contributed by atoms with Gasteiger partial charge in [-0.25, -0.2) is 18.4 Å². The van der Waals surface area contributed by atoms with Crippen molar-refractivity contribution in [2.45, 2.75) is 112 Å². The number of ether oxygens (including phenoxy) is 1. The summed E-state index contributed by atoms with van der Waals surface area (Å²) in [6.45, 7) is 5.15. The molecule has 262 valence electrons. The van der Waals surface area contributed by atoms with Gasteiger partial charge in [0.05, 0.1) is 46.5 Å². The van der Waals surface area contributed by atoms with Gasteiger partial charge >= 0.3 is 0 Å². The number of amides is 2. The van der Waals surface area contributed by atoms with Crippen molar-refractivity contribution in [3.8, 4) is 5.88 Å². The van der Waals surface area contributed by atoms with Gasteiger partial charge in [0, 0.05) is 31.3 Å². The van der Waals surface area contributed by atoms with Crippen LogP contribution < -0.4 is 21.1 Å². The summed E-state index contributed by atoms with van der Waals surface area (Å²) in [6, 6.07) is 9.14. The number of pyridine rings is 1. The number of aromatic amines is 1. The van der Waals surface area contributed by atoms with E-state index in [-0.39, 0.29) is 30.8 Å². The van der Waals surface area contributed by atoms with Crippen molar-refractivity contribution < 1.29 is 27.9 Å². The fourth-order valence-electron chi connectivity index (χ4n) is 5.90. The minimum atomic E-state index is -3.52. The number of H-pyrrole nitrogens is 1. The quantitative estimate of drug-likeness (QED) is 0.151. The van der Waals surface area contributed by atoms with Crippen LogP contribution in [0.4, 0.5) is 0 Å². The highest BCUT2D eigenvalue weighted by molar-refractivity contribution is 7.92. The molecule has 48 heavy (non-hydrogen) atoms. The Bertz CT molecular complexity index is 1540. The van der Waals surface area contributed by atoms with Crippen molar-refractivity contribution in [1.29, 1.82) is 0 Å². The van der Waals surface area contributed by atoms with Gasteiger partial charge in [0.2, 0.25) is 17.7 Å². The molecule has 1 aromatic carbocycles. The highest BCUT2D eigenvalue weighted by atomic mass is 32.2. The average Bonchev–Trinajstić information content (AvgIpc) is 3.58. The maximum atomic E-state index is 13.8. The number of imidazole rings is 1. The van der Waals surface area contributed by atoms with Gasteiger partial charge in [0.25, 0.3) is 0 Å². The lowest BCUT2D eigenvalue weighted by Crippen LogP contribution is -2.56. The van der Waals surface area contributed by atoms with E-state index in [4.69, 9.17) is 10.5 Å². The number of aliphatic hydroxyl groups excluding tert-OH is 1. The maximum Gasteiger partial charge on any atom is 0.243 e. The van der Waals surface area contributed by atoms with Gasteiger partial charge in [-0.3, -0.25) is 9.59 Å². The number of sulfone groups is 1. The van der Waals surface area contributed by atoms with E-state index in [0.717, 1.165) is 25.7 Å². The molecule has 4 rings (SSSR count). The summed E-state index contributed by atoms with van der Waals surface area (Å²) in [7, 11) is -3.52. The van der Waals surface area contributed by atoms with Crippen molar-refractivity contribution in [3.63, 3.8) is 0 Å². The summed E-state index contributed by atoms with van der Waals surface area (Å²) in [4.78, 5) is 38.7. The van der Waals surface area contributed by atoms with Crippen LogP contribution in [0.3, 0.4) is 0 Å². The van der Waals surface area contributed by atoms with E-state index in [2.05, 4.69) is 25.6 Å². The molecule has 4 atom stereocenters. The standard InChI is InChI=1S/C35H50N6O6S/c1-35(2,3)48(45,46)27-14-12-25(13-15-27)19-28(36)33(43)41-30(21-26-22-37-23-39-26)34(44)40-29(20-24-9-5-4-6-10-24)31(42)16-18-47-32-11-7-8-17-38-32/h7-8,11-15,17,22-24,28-31,42H,4-6,9-10,16,18-21,36H2,1-3H3,(H,37,39)(H,40,44)(H,41,43)/t28?,29-,30?,31-/m0/s1. The number of nitrogens with one attached hydrogen (secondary N) is 3. The fourth-order valence-corrected chi connectivity index (χ4v) is 7.10. The van der Waals surface area contributed by atoms with Crippen molar-refractivity contribution in [3.05, 3.63) is 72.4 Å². The molecule has 0 aliphatic heterocycles. The largest absolute Gasteiger partial charge is 0.478 e. The fraction of sp³-hybridized carbons (Fsp3) is 0.543. The van der Waals surface area contributed by atoms with Crippen LogP contribution in [0.5, 0.6) is 5.88 Å². The molecule has 13 heteroatoms. The van der Waals surface area contributed by atoms with Gasteiger partial charge in [-0.15, -0.1) is 0 Å². The molecule has 1 fully saturated rings. The van der Waals surface area contributed by atoms with Gasteiger partial charge in [-0.1, -0.05) is 50.3 Å². The number of aliphatic hydroxyl groups is 1. The lowest BCUT2D eigenvalue weighted by molar-refractivity contribution is -0.130. The molecule has 2 unspecified atom stereocenters. The number of nitrogens with zero attached hydrogens (tertiary/aromatic N) is 2. The number of rotatable bonds is 16. The van der Waals surface area contributed by atoms with Crippen LogP contribution in [-0.2, 0) is 32.3 Å². The molecule has 2 aromatic heterocycles. The molecular weight excluding hydrogens is 632 g/mol. The van der Waals surface area contributed by atoms with Crippen LogP contribution in [-0.4, -0.2) is 75.9 Å².